The van der Waals surface area contributed by atoms with E-state index >= 15 is 0 Å². The highest BCUT2D eigenvalue weighted by molar-refractivity contribution is 6.04. The molecule has 8 nitrogen and oxygen atoms in total. The Labute approximate surface area is 180 Å². The van der Waals surface area contributed by atoms with E-state index in [9.17, 15) is 4.79 Å². The third-order valence-electron chi connectivity index (χ3n) is 4.56. The fraction of sp³-hybridized carbons (Fsp3) is 0.130. The number of hydrogen-bond donors (Lipinski definition) is 1. The van der Waals surface area contributed by atoms with E-state index in [1.54, 1.807) is 53.2 Å². The van der Waals surface area contributed by atoms with Crippen LogP contribution in [0.25, 0.3) is 5.82 Å². The van der Waals surface area contributed by atoms with Gasteiger partial charge >= 0.3 is 0 Å². The molecule has 0 bridgehead atoms. The maximum Gasteiger partial charge on any atom is 0.255 e. The Morgan fingerprint density at radius 1 is 0.935 bits per heavy atom. The molecule has 2 heterocycles. The molecule has 0 fully saturated rings. The fourth-order valence-corrected chi connectivity index (χ4v) is 2.87. The summed E-state index contributed by atoms with van der Waals surface area (Å²) in [6.07, 6.45) is 1.82. The molecule has 0 aliphatic heterocycles. The van der Waals surface area contributed by atoms with Gasteiger partial charge in [-0.2, -0.15) is 5.10 Å². The molecule has 1 N–H and O–H groups in total. The van der Waals surface area contributed by atoms with Gasteiger partial charge in [-0.15, -0.1) is 10.2 Å². The van der Waals surface area contributed by atoms with Crippen molar-refractivity contribution < 1.29 is 9.53 Å². The number of carbonyl (C=O) groups excluding carboxylic acids is 1. The highest BCUT2D eigenvalue weighted by atomic mass is 16.5. The minimum absolute atomic E-state index is 0.172. The van der Waals surface area contributed by atoms with Crippen LogP contribution < -0.4 is 15.0 Å². The van der Waals surface area contributed by atoms with Gasteiger partial charge in [-0.1, -0.05) is 0 Å². The lowest BCUT2D eigenvalue weighted by atomic mass is 10.2. The van der Waals surface area contributed by atoms with E-state index in [2.05, 4.69) is 20.6 Å². The number of ether oxygens (including phenoxy) is 1. The zero-order valence-electron chi connectivity index (χ0n) is 17.5. The number of nitrogens with zero attached hydrogens (tertiary/aromatic N) is 5. The topological polar surface area (TPSA) is 85.2 Å². The lowest BCUT2D eigenvalue weighted by molar-refractivity contribution is 0.102. The lowest BCUT2D eigenvalue weighted by Crippen LogP contribution is -2.13. The third-order valence-corrected chi connectivity index (χ3v) is 4.56. The normalized spacial score (nSPS) is 10.5. The van der Waals surface area contributed by atoms with Crippen LogP contribution in [0.3, 0.4) is 0 Å². The van der Waals surface area contributed by atoms with Gasteiger partial charge in [-0.3, -0.25) is 4.79 Å². The highest BCUT2D eigenvalue weighted by Gasteiger charge is 2.08. The van der Waals surface area contributed by atoms with Crippen LogP contribution in [-0.2, 0) is 0 Å². The average molecular weight is 414 g/mol. The summed E-state index contributed by atoms with van der Waals surface area (Å²) in [6.45, 7) is 1.91. The van der Waals surface area contributed by atoms with Gasteiger partial charge in [0.15, 0.2) is 5.82 Å². The number of benzene rings is 2. The molecule has 31 heavy (non-hydrogen) atoms. The SMILES string of the molecule is Cc1ccn(-c2ccc(Oc3ccc(NC(=O)c4ccc(N(C)C)cc4)cc3)nn2)n1. The van der Waals surface area contributed by atoms with Gasteiger partial charge in [0.2, 0.25) is 5.88 Å². The first-order valence-corrected chi connectivity index (χ1v) is 9.71. The zero-order chi connectivity index (χ0) is 21.8. The van der Waals surface area contributed by atoms with E-state index < -0.39 is 0 Å². The van der Waals surface area contributed by atoms with Gasteiger partial charge in [0.1, 0.15) is 5.75 Å². The molecule has 0 unspecified atom stereocenters. The van der Waals surface area contributed by atoms with Crippen LogP contribution in [0.5, 0.6) is 11.6 Å². The lowest BCUT2D eigenvalue weighted by Gasteiger charge is -2.12. The Morgan fingerprint density at radius 2 is 1.68 bits per heavy atom. The van der Waals surface area contributed by atoms with E-state index in [0.717, 1.165) is 11.4 Å². The van der Waals surface area contributed by atoms with E-state index in [1.165, 1.54) is 0 Å². The van der Waals surface area contributed by atoms with Crippen molar-refractivity contribution in [2.75, 3.05) is 24.3 Å². The standard InChI is InChI=1S/C23H22N6O2/c1-16-14-15-29(27-16)21-12-13-22(26-25-21)31-20-10-6-18(7-11-20)24-23(30)17-4-8-19(9-5-17)28(2)3/h4-15H,1-3H3,(H,24,30). The van der Waals surface area contributed by atoms with Crippen molar-refractivity contribution in [3.8, 4) is 17.4 Å². The Hall–Kier alpha value is -4.20. The number of rotatable bonds is 6. The minimum Gasteiger partial charge on any atom is -0.438 e. The number of nitrogens with one attached hydrogen (secondary N) is 1. The number of anilines is 2. The Balaban J connectivity index is 1.37. The van der Waals surface area contributed by atoms with Crippen molar-refractivity contribution in [1.82, 2.24) is 20.0 Å². The van der Waals surface area contributed by atoms with Gasteiger partial charge in [0.05, 0.1) is 5.69 Å². The summed E-state index contributed by atoms with van der Waals surface area (Å²) >= 11 is 0. The first-order valence-electron chi connectivity index (χ1n) is 9.71. The molecule has 4 rings (SSSR count). The van der Waals surface area contributed by atoms with Crippen LogP contribution in [0, 0.1) is 6.92 Å². The number of carbonyl (C=O) groups is 1. The first-order chi connectivity index (χ1) is 15.0. The molecule has 0 spiro atoms. The van der Waals surface area contributed by atoms with Crippen molar-refractivity contribution in [3.63, 3.8) is 0 Å². The fourth-order valence-electron chi connectivity index (χ4n) is 2.87. The monoisotopic (exact) mass is 414 g/mol. The Kier molecular flexibility index (Phi) is 5.61. The molecule has 156 valence electrons. The summed E-state index contributed by atoms with van der Waals surface area (Å²) in [5, 5.41) is 15.4. The molecule has 0 saturated heterocycles. The van der Waals surface area contributed by atoms with E-state index in [1.807, 2.05) is 50.3 Å². The van der Waals surface area contributed by atoms with E-state index in [0.29, 0.717) is 28.7 Å². The van der Waals surface area contributed by atoms with Gasteiger partial charge in [-0.05, 0) is 67.6 Å². The molecule has 2 aromatic heterocycles. The van der Waals surface area contributed by atoms with E-state index in [-0.39, 0.29) is 5.91 Å². The molecule has 0 atom stereocenters. The molecule has 0 aliphatic carbocycles. The maximum absolute atomic E-state index is 12.4. The highest BCUT2D eigenvalue weighted by Crippen LogP contribution is 2.22. The smallest absolute Gasteiger partial charge is 0.255 e. The van der Waals surface area contributed by atoms with Crippen LogP contribution in [0.4, 0.5) is 11.4 Å². The molecule has 2 aromatic carbocycles. The summed E-state index contributed by atoms with van der Waals surface area (Å²) in [4.78, 5) is 14.4. The summed E-state index contributed by atoms with van der Waals surface area (Å²) in [6, 6.07) is 19.9. The second-order valence-corrected chi connectivity index (χ2v) is 7.15. The molecule has 1 amide bonds. The van der Waals surface area contributed by atoms with Crippen LogP contribution in [0.2, 0.25) is 0 Å². The van der Waals surface area contributed by atoms with Gasteiger partial charge in [-0.25, -0.2) is 4.68 Å². The largest absolute Gasteiger partial charge is 0.438 e. The Bertz CT molecular complexity index is 1170. The Morgan fingerprint density at radius 3 is 2.26 bits per heavy atom. The van der Waals surface area contributed by atoms with Crippen molar-refractivity contribution >= 4 is 17.3 Å². The second-order valence-electron chi connectivity index (χ2n) is 7.15. The van der Waals surface area contributed by atoms with Crippen molar-refractivity contribution in [1.29, 1.82) is 0 Å². The molecular weight excluding hydrogens is 392 g/mol. The summed E-state index contributed by atoms with van der Waals surface area (Å²) in [7, 11) is 3.91. The molecule has 0 radical (unpaired) electrons. The number of hydrogen-bond acceptors (Lipinski definition) is 6. The minimum atomic E-state index is -0.172. The average Bonchev–Trinajstić information content (AvgIpc) is 3.22. The molecule has 8 heteroatoms. The summed E-state index contributed by atoms with van der Waals surface area (Å²) in [5.41, 5.74) is 3.20. The van der Waals surface area contributed by atoms with Crippen molar-refractivity contribution in [3.05, 3.63) is 84.2 Å². The number of aromatic nitrogens is 4. The van der Waals surface area contributed by atoms with Gasteiger partial charge in [0, 0.05) is 43.3 Å². The van der Waals surface area contributed by atoms with Crippen LogP contribution in [0.1, 0.15) is 16.1 Å². The third kappa shape index (κ3) is 4.87. The van der Waals surface area contributed by atoms with Crippen molar-refractivity contribution in [2.24, 2.45) is 0 Å². The van der Waals surface area contributed by atoms with Gasteiger partial charge < -0.3 is 15.0 Å². The quantitative estimate of drug-likeness (QED) is 0.512. The summed E-state index contributed by atoms with van der Waals surface area (Å²) < 4.78 is 7.38. The second kappa shape index (κ2) is 8.66. The summed E-state index contributed by atoms with van der Waals surface area (Å²) in [5.74, 6) is 1.39. The molecule has 4 aromatic rings. The number of amides is 1. The molecular formula is C23H22N6O2. The van der Waals surface area contributed by atoms with Crippen molar-refractivity contribution in [2.45, 2.75) is 6.92 Å². The van der Waals surface area contributed by atoms with Gasteiger partial charge in [0.25, 0.3) is 5.91 Å². The number of aryl methyl sites for hydroxylation is 1. The first kappa shape index (κ1) is 20.1. The van der Waals surface area contributed by atoms with E-state index in [4.69, 9.17) is 4.74 Å². The molecule has 0 aliphatic rings. The molecule has 0 saturated carbocycles. The predicted molar refractivity (Wildman–Crippen MR) is 119 cm³/mol. The van der Waals surface area contributed by atoms with Crippen LogP contribution in [-0.4, -0.2) is 40.0 Å². The van der Waals surface area contributed by atoms with Crippen LogP contribution in [0.15, 0.2) is 72.9 Å². The predicted octanol–water partition coefficient (Wildman–Crippen LogP) is 4.08. The van der Waals surface area contributed by atoms with Crippen LogP contribution >= 0.6 is 0 Å². The zero-order valence-corrected chi connectivity index (χ0v) is 17.5. The maximum atomic E-state index is 12.4.